The monoisotopic (exact) mass is 544 g/mol. The smallest absolute Gasteiger partial charge is 0.265 e. The molecule has 5 N–H and O–H groups in total. The number of nitrogen functional groups attached to an aromatic ring is 1. The number of methoxy groups -OCH3 is 1. The molecule has 1 aliphatic heterocycles. The molecule has 12 heteroatoms. The molecule has 0 aliphatic carbocycles. The lowest BCUT2D eigenvalue weighted by molar-refractivity contribution is -0.0529. The van der Waals surface area contributed by atoms with E-state index in [9.17, 15) is 22.7 Å². The number of ether oxygens (including phenoxy) is 1. The molecule has 5 rings (SSSR count). The van der Waals surface area contributed by atoms with Crippen molar-refractivity contribution in [2.75, 3.05) is 30.8 Å². The minimum Gasteiger partial charge on any atom is -0.494 e. The summed E-state index contributed by atoms with van der Waals surface area (Å²) < 4.78 is 63.0. The highest BCUT2D eigenvalue weighted by atomic mass is 19.3. The highest BCUT2D eigenvalue weighted by Gasteiger charge is 2.43. The number of aromatic nitrogens is 3. The molecule has 4 heterocycles. The lowest BCUT2D eigenvalue weighted by Gasteiger charge is -2.44. The molecule has 3 aromatic heterocycles. The zero-order valence-corrected chi connectivity index (χ0v) is 21.1. The molecular formula is C27H28F4N6O2. The van der Waals surface area contributed by atoms with E-state index in [0.717, 1.165) is 23.0 Å². The summed E-state index contributed by atoms with van der Waals surface area (Å²) >= 11 is 0. The number of anilines is 2. The second-order valence-electron chi connectivity index (χ2n) is 9.81. The molecule has 0 unspecified atom stereocenters. The lowest BCUT2D eigenvalue weighted by Crippen LogP contribution is -2.63. The first-order chi connectivity index (χ1) is 18.6. The maximum Gasteiger partial charge on any atom is 0.265 e. The summed E-state index contributed by atoms with van der Waals surface area (Å²) in [6.07, 6.45) is 0.676. The van der Waals surface area contributed by atoms with E-state index in [4.69, 9.17) is 16.2 Å². The molecule has 206 valence electrons. The summed E-state index contributed by atoms with van der Waals surface area (Å²) in [5, 5.41) is 11.0. The first-order valence-electron chi connectivity index (χ1n) is 12.3. The second kappa shape index (κ2) is 10.3. The van der Waals surface area contributed by atoms with Gasteiger partial charge in [0, 0.05) is 55.1 Å². The van der Waals surface area contributed by atoms with Crippen molar-refractivity contribution < 1.29 is 27.4 Å². The molecule has 4 aromatic rings. The van der Waals surface area contributed by atoms with E-state index in [1.807, 2.05) is 16.8 Å². The first-order valence-corrected chi connectivity index (χ1v) is 12.3. The van der Waals surface area contributed by atoms with Gasteiger partial charge in [-0.15, -0.1) is 0 Å². The van der Waals surface area contributed by atoms with Crippen molar-refractivity contribution in [1.29, 1.82) is 0 Å². The van der Waals surface area contributed by atoms with Gasteiger partial charge in [-0.2, -0.15) is 0 Å². The third-order valence-electron chi connectivity index (χ3n) is 7.22. The Morgan fingerprint density at radius 3 is 2.67 bits per heavy atom. The minimum absolute atomic E-state index is 0.0403. The van der Waals surface area contributed by atoms with Crippen LogP contribution in [0.25, 0.3) is 22.2 Å². The molecule has 0 spiro atoms. The molecule has 2 atom stereocenters. The van der Waals surface area contributed by atoms with E-state index >= 15 is 0 Å². The molecule has 0 bridgehead atoms. The third kappa shape index (κ3) is 5.09. The van der Waals surface area contributed by atoms with Crippen molar-refractivity contribution in [2.24, 2.45) is 5.73 Å². The van der Waals surface area contributed by atoms with E-state index in [1.54, 1.807) is 23.2 Å². The van der Waals surface area contributed by atoms with Crippen LogP contribution in [0.3, 0.4) is 0 Å². The zero-order chi connectivity index (χ0) is 27.9. The van der Waals surface area contributed by atoms with Gasteiger partial charge in [-0.25, -0.2) is 22.5 Å². The quantitative estimate of drug-likeness (QED) is 0.302. The van der Waals surface area contributed by atoms with Gasteiger partial charge in [-0.05, 0) is 36.6 Å². The van der Waals surface area contributed by atoms with E-state index in [1.165, 1.54) is 13.3 Å². The number of nitrogens with two attached hydrogens (primary N) is 2. The van der Waals surface area contributed by atoms with Gasteiger partial charge in [0.1, 0.15) is 17.7 Å². The average molecular weight is 545 g/mol. The lowest BCUT2D eigenvalue weighted by atomic mass is 9.84. The van der Waals surface area contributed by atoms with Gasteiger partial charge >= 0.3 is 0 Å². The maximum absolute atomic E-state index is 14.9. The van der Waals surface area contributed by atoms with Crippen molar-refractivity contribution >= 4 is 22.4 Å². The Morgan fingerprint density at radius 1 is 1.13 bits per heavy atom. The number of piperidine rings is 1. The Bertz CT molecular complexity index is 1510. The van der Waals surface area contributed by atoms with Gasteiger partial charge in [0.2, 0.25) is 0 Å². The summed E-state index contributed by atoms with van der Waals surface area (Å²) in [6.45, 7) is 0.711. The number of hydrogen-bond acceptors (Lipinski definition) is 7. The number of halogens is 4. The first kappa shape index (κ1) is 26.7. The molecular weight excluding hydrogens is 516 g/mol. The number of rotatable bonds is 7. The number of aliphatic hydroxyl groups is 1. The van der Waals surface area contributed by atoms with Crippen LogP contribution in [0.4, 0.5) is 29.1 Å². The van der Waals surface area contributed by atoms with Gasteiger partial charge in [0.25, 0.3) is 6.43 Å². The topological polar surface area (TPSA) is 115 Å². The molecule has 8 nitrogen and oxygen atoms in total. The summed E-state index contributed by atoms with van der Waals surface area (Å²) in [5.74, 6) is -1.36. The van der Waals surface area contributed by atoms with Crippen LogP contribution in [0.2, 0.25) is 0 Å². The van der Waals surface area contributed by atoms with Crippen molar-refractivity contribution in [3.8, 4) is 17.0 Å². The van der Waals surface area contributed by atoms with Crippen LogP contribution >= 0.6 is 0 Å². The fraction of sp³-hybridized carbons (Fsp3) is 0.333. The van der Waals surface area contributed by atoms with Crippen molar-refractivity contribution in [3.05, 3.63) is 66.1 Å². The van der Waals surface area contributed by atoms with Crippen molar-refractivity contribution in [2.45, 2.75) is 37.5 Å². The van der Waals surface area contributed by atoms with Gasteiger partial charge in [-0.1, -0.05) is 0 Å². The number of alkyl halides is 2. The summed E-state index contributed by atoms with van der Waals surface area (Å²) in [4.78, 5) is 10.3. The molecule has 39 heavy (non-hydrogen) atoms. The Labute approximate surface area is 221 Å². The largest absolute Gasteiger partial charge is 0.494 e. The van der Waals surface area contributed by atoms with Crippen molar-refractivity contribution in [1.82, 2.24) is 14.5 Å². The average Bonchev–Trinajstić information content (AvgIpc) is 3.30. The standard InChI is InChI=1S/C27H28F4N6O2/c1-39-23-9-18(28)17(8-19(23)29)20-7-16(13-36-6-3-15-11-35-24(32)10-21(15)36)22(12-34-20)37-5-2-4-27(33,14-37)25(38)26(30)31/h3,6-12,25-26,38H,2,4-5,13-14,33H2,1H3,(H2,32,35)/t25-,27-/m1/s1. The van der Waals surface area contributed by atoms with Gasteiger partial charge in [0.15, 0.2) is 11.6 Å². The van der Waals surface area contributed by atoms with Gasteiger partial charge < -0.3 is 30.8 Å². The normalized spacial score (nSPS) is 18.6. The summed E-state index contributed by atoms with van der Waals surface area (Å²) in [5.41, 5.74) is 12.8. The molecule has 0 amide bonds. The second-order valence-corrected chi connectivity index (χ2v) is 9.81. The third-order valence-corrected chi connectivity index (χ3v) is 7.22. The van der Waals surface area contributed by atoms with Gasteiger partial charge in [0.05, 0.1) is 35.7 Å². The maximum atomic E-state index is 14.9. The van der Waals surface area contributed by atoms with E-state index in [0.29, 0.717) is 30.0 Å². The van der Waals surface area contributed by atoms with Crippen LogP contribution in [0.1, 0.15) is 18.4 Å². The van der Waals surface area contributed by atoms with Crippen LogP contribution in [0, 0.1) is 11.6 Å². The number of aliphatic hydroxyl groups excluding tert-OH is 1. The molecule has 0 saturated carbocycles. The predicted molar refractivity (Wildman–Crippen MR) is 140 cm³/mol. The number of nitrogens with zero attached hydrogens (tertiary/aromatic N) is 4. The van der Waals surface area contributed by atoms with Crippen LogP contribution in [0.15, 0.2) is 48.9 Å². The van der Waals surface area contributed by atoms with Crippen LogP contribution in [-0.4, -0.2) is 57.9 Å². The number of benzene rings is 1. The molecule has 1 aromatic carbocycles. The van der Waals surface area contributed by atoms with E-state index in [2.05, 4.69) is 9.97 Å². The van der Waals surface area contributed by atoms with E-state index < -0.39 is 29.7 Å². The molecule has 1 fully saturated rings. The molecule has 1 saturated heterocycles. The van der Waals surface area contributed by atoms with Crippen LogP contribution in [-0.2, 0) is 6.54 Å². The van der Waals surface area contributed by atoms with Crippen LogP contribution < -0.4 is 21.1 Å². The molecule has 1 aliphatic rings. The highest BCUT2D eigenvalue weighted by Crippen LogP contribution is 2.35. The number of fused-ring (bicyclic) bond motifs is 1. The summed E-state index contributed by atoms with van der Waals surface area (Å²) in [6, 6.07) is 7.19. The zero-order valence-electron chi connectivity index (χ0n) is 21.1. The SMILES string of the molecule is COc1cc(F)c(-c2cc(Cn3ccc4cnc(N)cc43)c(N3CCC[C@](N)([C@H](O)C(F)F)C3)cn2)cc1F. The Balaban J connectivity index is 1.60. The van der Waals surface area contributed by atoms with Gasteiger partial charge in [-0.3, -0.25) is 4.98 Å². The van der Waals surface area contributed by atoms with Crippen molar-refractivity contribution in [3.63, 3.8) is 0 Å². The summed E-state index contributed by atoms with van der Waals surface area (Å²) in [7, 11) is 1.24. The Hall–Kier alpha value is -3.90. The highest BCUT2D eigenvalue weighted by molar-refractivity contribution is 5.81. The van der Waals surface area contributed by atoms with E-state index in [-0.39, 0.29) is 36.5 Å². The Morgan fingerprint density at radius 2 is 1.92 bits per heavy atom. The predicted octanol–water partition coefficient (Wildman–Crippen LogP) is 3.94. The van der Waals surface area contributed by atoms with Crippen LogP contribution in [0.5, 0.6) is 5.75 Å². The number of pyridine rings is 2. The number of hydrogen-bond donors (Lipinski definition) is 3. The Kier molecular flexibility index (Phi) is 7.08. The fourth-order valence-electron chi connectivity index (χ4n) is 5.16. The fourth-order valence-corrected chi connectivity index (χ4v) is 5.16. The minimum atomic E-state index is -2.99. The molecule has 0 radical (unpaired) electrons.